The third kappa shape index (κ3) is 17.8. The molecule has 0 fully saturated rings. The van der Waals surface area contributed by atoms with Crippen LogP contribution < -0.4 is 5.32 Å². The summed E-state index contributed by atoms with van der Waals surface area (Å²) < 4.78 is 5.02. The first kappa shape index (κ1) is 30.5. The van der Waals surface area contributed by atoms with Crippen LogP contribution in [0.25, 0.3) is 0 Å². The van der Waals surface area contributed by atoms with Gasteiger partial charge in [0.1, 0.15) is 0 Å². The number of hydrogen-bond donors (Lipinski definition) is 1. The van der Waals surface area contributed by atoms with Gasteiger partial charge < -0.3 is 21.9 Å². The Morgan fingerprint density at radius 2 is 1.61 bits per heavy atom. The molecule has 0 bridgehead atoms. The van der Waals surface area contributed by atoms with Gasteiger partial charge in [-0.15, -0.1) is 0 Å². The van der Waals surface area contributed by atoms with E-state index in [-0.39, 0.29) is 44.7 Å². The summed E-state index contributed by atoms with van der Waals surface area (Å²) in [7, 11) is 3.45. The van der Waals surface area contributed by atoms with Crippen LogP contribution in [0.3, 0.4) is 0 Å². The van der Waals surface area contributed by atoms with Crippen LogP contribution in [0.2, 0.25) is 0 Å². The molecule has 0 aromatic heterocycles. The fourth-order valence-electron chi connectivity index (χ4n) is 1.56. The summed E-state index contributed by atoms with van der Waals surface area (Å²) in [5.41, 5.74) is 0. The number of nitrogens with zero attached hydrogens (tertiary/aromatic N) is 1. The zero-order valence-corrected chi connectivity index (χ0v) is 19.2. The van der Waals surface area contributed by atoms with E-state index < -0.39 is 0 Å². The molecule has 0 aliphatic carbocycles. The standard InChI is InChI=1S/C13H25N2O3.2C2H6.W/c1-6-18-8-7-14-12(16)9-10(2)11(3)13(17)15(4)5;2*1-2;/h10-11H,1,6-9H2,2-5H3,(H,14,16);2*1-2H3;/q-1;;;. The minimum absolute atomic E-state index is 0. The molecule has 0 aliphatic heterocycles. The first-order chi connectivity index (χ1) is 10.4. The average Bonchev–Trinajstić information content (AvgIpc) is 2.53. The van der Waals surface area contributed by atoms with E-state index in [0.29, 0.717) is 26.2 Å². The Bertz CT molecular complexity index is 275. The maximum Gasteiger partial charge on any atom is 0.225 e. The van der Waals surface area contributed by atoms with Crippen LogP contribution in [0.5, 0.6) is 0 Å². The van der Waals surface area contributed by atoms with Gasteiger partial charge in [0.25, 0.3) is 0 Å². The van der Waals surface area contributed by atoms with Gasteiger partial charge in [0, 0.05) is 54.0 Å². The summed E-state index contributed by atoms with van der Waals surface area (Å²) in [5, 5.41) is 2.75. The number of amides is 2. The van der Waals surface area contributed by atoms with Crippen molar-refractivity contribution in [2.24, 2.45) is 11.8 Å². The minimum atomic E-state index is -0.151. The number of hydrogen-bond acceptors (Lipinski definition) is 3. The molecular weight excluding hydrogens is 464 g/mol. The Morgan fingerprint density at radius 3 is 2.00 bits per heavy atom. The number of nitrogens with one attached hydrogen (secondary N) is 1. The van der Waals surface area contributed by atoms with Gasteiger partial charge in [0.2, 0.25) is 11.8 Å². The minimum Gasteiger partial charge on any atom is -0.412 e. The number of carbonyl (C=O) groups is 2. The van der Waals surface area contributed by atoms with Crippen LogP contribution in [0.15, 0.2) is 0 Å². The van der Waals surface area contributed by atoms with Gasteiger partial charge >= 0.3 is 0 Å². The van der Waals surface area contributed by atoms with Crippen molar-refractivity contribution >= 4 is 11.8 Å². The molecule has 0 radical (unpaired) electrons. The third-order valence-electron chi connectivity index (χ3n) is 2.90. The molecule has 0 saturated carbocycles. The molecule has 0 rings (SSSR count). The zero-order chi connectivity index (χ0) is 18.1. The second-order valence-corrected chi connectivity index (χ2v) is 4.67. The summed E-state index contributed by atoms with van der Waals surface area (Å²) in [6, 6.07) is 0. The molecule has 140 valence electrons. The monoisotopic (exact) mass is 501 g/mol. The van der Waals surface area contributed by atoms with E-state index in [1.54, 1.807) is 19.0 Å². The summed E-state index contributed by atoms with van der Waals surface area (Å²) in [5.74, 6) is -0.125. The predicted molar refractivity (Wildman–Crippen MR) is 93.5 cm³/mol. The summed E-state index contributed by atoms with van der Waals surface area (Å²) in [6.07, 6.45) is 0.352. The molecule has 0 aliphatic rings. The zero-order valence-electron chi connectivity index (χ0n) is 16.3. The molecule has 1 N–H and O–H groups in total. The van der Waals surface area contributed by atoms with Crippen LogP contribution in [0.1, 0.15) is 48.0 Å². The predicted octanol–water partition coefficient (Wildman–Crippen LogP) is 2.75. The van der Waals surface area contributed by atoms with Crippen molar-refractivity contribution in [2.45, 2.75) is 48.0 Å². The second kappa shape index (κ2) is 21.6. The van der Waals surface area contributed by atoms with Crippen molar-refractivity contribution in [2.75, 3.05) is 33.9 Å². The van der Waals surface area contributed by atoms with Crippen molar-refractivity contribution in [3.8, 4) is 0 Å². The average molecular weight is 501 g/mol. The Morgan fingerprint density at radius 1 is 1.13 bits per heavy atom. The van der Waals surface area contributed by atoms with Gasteiger partial charge in [-0.05, 0) is 5.92 Å². The van der Waals surface area contributed by atoms with Gasteiger partial charge in [0.15, 0.2) is 0 Å². The number of carbonyl (C=O) groups excluding carboxylic acids is 2. The summed E-state index contributed by atoms with van der Waals surface area (Å²) >= 11 is 0. The maximum atomic E-state index is 11.7. The van der Waals surface area contributed by atoms with Gasteiger partial charge in [-0.1, -0.05) is 48.1 Å². The molecule has 6 heteroatoms. The van der Waals surface area contributed by atoms with Crippen LogP contribution in [-0.2, 0) is 35.4 Å². The van der Waals surface area contributed by atoms with E-state index >= 15 is 0 Å². The Hall–Kier alpha value is -0.412. The van der Waals surface area contributed by atoms with Crippen molar-refractivity contribution in [1.82, 2.24) is 10.2 Å². The van der Waals surface area contributed by atoms with Gasteiger partial charge in [-0.3, -0.25) is 9.59 Å². The number of ether oxygens (including phenoxy) is 1. The van der Waals surface area contributed by atoms with Crippen molar-refractivity contribution in [1.29, 1.82) is 0 Å². The molecule has 0 heterocycles. The molecular formula is C17H37N2O3W-. The fraction of sp³-hybridized carbons (Fsp3) is 0.824. The SMILES string of the molecule is CC.CC.[CH2-]COCCNC(=O)CC(C)C(C)C(=O)N(C)C.[W]. The van der Waals surface area contributed by atoms with E-state index in [2.05, 4.69) is 12.2 Å². The molecule has 5 nitrogen and oxygen atoms in total. The van der Waals surface area contributed by atoms with Crippen LogP contribution in [-0.4, -0.2) is 50.6 Å². The van der Waals surface area contributed by atoms with Gasteiger partial charge in [0.05, 0.1) is 6.61 Å². The Kier molecular flexibility index (Phi) is 28.6. The third-order valence-corrected chi connectivity index (χ3v) is 2.90. The largest absolute Gasteiger partial charge is 0.412 e. The maximum absolute atomic E-state index is 11.7. The van der Waals surface area contributed by atoms with E-state index in [0.717, 1.165) is 0 Å². The molecule has 0 saturated heterocycles. The number of rotatable bonds is 8. The van der Waals surface area contributed by atoms with E-state index in [1.807, 2.05) is 41.5 Å². The van der Waals surface area contributed by atoms with Crippen molar-refractivity contribution in [3.05, 3.63) is 6.92 Å². The van der Waals surface area contributed by atoms with Crippen molar-refractivity contribution in [3.63, 3.8) is 0 Å². The topological polar surface area (TPSA) is 58.6 Å². The van der Waals surface area contributed by atoms with Crippen LogP contribution in [0, 0.1) is 18.8 Å². The smallest absolute Gasteiger partial charge is 0.225 e. The van der Waals surface area contributed by atoms with Gasteiger partial charge in [-0.25, -0.2) is 0 Å². The molecule has 2 atom stereocenters. The second-order valence-electron chi connectivity index (χ2n) is 4.67. The first-order valence-electron chi connectivity index (χ1n) is 8.25. The first-order valence-corrected chi connectivity index (χ1v) is 8.25. The van der Waals surface area contributed by atoms with Crippen LogP contribution in [0.4, 0.5) is 0 Å². The molecule has 23 heavy (non-hydrogen) atoms. The normalized spacial score (nSPS) is 11.3. The fourth-order valence-corrected chi connectivity index (χ4v) is 1.56. The summed E-state index contributed by atoms with van der Waals surface area (Å²) in [4.78, 5) is 24.9. The van der Waals surface area contributed by atoms with E-state index in [4.69, 9.17) is 4.74 Å². The van der Waals surface area contributed by atoms with Crippen molar-refractivity contribution < 1.29 is 35.4 Å². The molecule has 2 unspecified atom stereocenters. The quantitative estimate of drug-likeness (QED) is 0.411. The Balaban J connectivity index is -0.000000332. The summed E-state index contributed by atoms with van der Waals surface area (Å²) in [6.45, 7) is 16.7. The molecule has 2 amide bonds. The van der Waals surface area contributed by atoms with Crippen LogP contribution >= 0.6 is 0 Å². The molecule has 0 aromatic rings. The Labute approximate surface area is 158 Å². The van der Waals surface area contributed by atoms with E-state index in [1.165, 1.54) is 0 Å². The van der Waals surface area contributed by atoms with E-state index in [9.17, 15) is 9.59 Å². The molecule has 0 aromatic carbocycles. The van der Waals surface area contributed by atoms with Gasteiger partial charge in [-0.2, -0.15) is 0 Å². The molecule has 0 spiro atoms.